The van der Waals surface area contributed by atoms with Gasteiger partial charge in [-0.2, -0.15) is 0 Å². The first-order chi connectivity index (χ1) is 11.9. The second-order valence-corrected chi connectivity index (χ2v) is 6.03. The Morgan fingerprint density at radius 2 is 1.64 bits per heavy atom. The van der Waals surface area contributed by atoms with Gasteiger partial charge in [-0.25, -0.2) is 0 Å². The number of piperazine rings is 1. The van der Waals surface area contributed by atoms with Crippen LogP contribution in [0.25, 0.3) is 0 Å². The molecular weight excluding hydrogens is 340 g/mol. The minimum absolute atomic E-state index is 0. The van der Waals surface area contributed by atoms with Crippen molar-refractivity contribution < 1.29 is 14.2 Å². The molecule has 0 saturated carbocycles. The number of ether oxygens (including phenoxy) is 3. The molecule has 0 atom stereocenters. The van der Waals surface area contributed by atoms with Crippen LogP contribution in [0.4, 0.5) is 5.69 Å². The van der Waals surface area contributed by atoms with Gasteiger partial charge in [-0.05, 0) is 24.3 Å². The molecule has 0 aromatic heterocycles. The van der Waals surface area contributed by atoms with Crippen LogP contribution in [0.3, 0.4) is 0 Å². The molecule has 1 fully saturated rings. The van der Waals surface area contributed by atoms with E-state index < -0.39 is 0 Å². The average molecular weight is 363 g/mol. The van der Waals surface area contributed by atoms with Gasteiger partial charge < -0.3 is 19.1 Å². The standard InChI is InChI=1S/C19H22N2O3.ClH/c1-2-4-16(5-3-1)21-10-8-20(9-11-21)12-13-22-17-6-7-18-19(14-17)24-15-23-18;/h1-7,14H,8-13,15H2;1H. The molecule has 0 unspecified atom stereocenters. The molecule has 25 heavy (non-hydrogen) atoms. The van der Waals surface area contributed by atoms with Crippen molar-refractivity contribution in [2.45, 2.75) is 0 Å². The quantitative estimate of drug-likeness (QED) is 0.816. The zero-order valence-corrected chi connectivity index (χ0v) is 14.9. The summed E-state index contributed by atoms with van der Waals surface area (Å²) in [6, 6.07) is 16.3. The fourth-order valence-electron chi connectivity index (χ4n) is 3.13. The van der Waals surface area contributed by atoms with E-state index in [-0.39, 0.29) is 12.4 Å². The predicted molar refractivity (Wildman–Crippen MR) is 100 cm³/mol. The largest absolute Gasteiger partial charge is 0.492 e. The van der Waals surface area contributed by atoms with E-state index >= 15 is 0 Å². The van der Waals surface area contributed by atoms with Gasteiger partial charge in [0.05, 0.1) is 0 Å². The number of hydrogen-bond donors (Lipinski definition) is 0. The zero-order chi connectivity index (χ0) is 16.2. The molecule has 0 N–H and O–H groups in total. The Labute approximate surface area is 154 Å². The Balaban J connectivity index is 0.00000182. The summed E-state index contributed by atoms with van der Waals surface area (Å²) in [6.45, 7) is 6.19. The first kappa shape index (κ1) is 17.7. The summed E-state index contributed by atoms with van der Waals surface area (Å²) >= 11 is 0. The summed E-state index contributed by atoms with van der Waals surface area (Å²) in [4.78, 5) is 4.89. The van der Waals surface area contributed by atoms with Gasteiger partial charge in [0.15, 0.2) is 11.5 Å². The van der Waals surface area contributed by atoms with Crippen LogP contribution in [0.15, 0.2) is 48.5 Å². The Morgan fingerprint density at radius 3 is 2.44 bits per heavy atom. The number of halogens is 1. The van der Waals surface area contributed by atoms with Crippen molar-refractivity contribution in [2.24, 2.45) is 0 Å². The fourth-order valence-corrected chi connectivity index (χ4v) is 3.13. The molecule has 0 aliphatic carbocycles. The summed E-state index contributed by atoms with van der Waals surface area (Å²) in [7, 11) is 0. The van der Waals surface area contributed by atoms with Crippen LogP contribution in [0.5, 0.6) is 17.2 Å². The number of hydrogen-bond acceptors (Lipinski definition) is 5. The maximum atomic E-state index is 5.85. The summed E-state index contributed by atoms with van der Waals surface area (Å²) in [5.41, 5.74) is 1.31. The number of benzene rings is 2. The lowest BCUT2D eigenvalue weighted by Crippen LogP contribution is -2.47. The first-order valence-corrected chi connectivity index (χ1v) is 8.43. The van der Waals surface area contributed by atoms with E-state index in [0.29, 0.717) is 13.4 Å². The predicted octanol–water partition coefficient (Wildman–Crippen LogP) is 3.04. The zero-order valence-electron chi connectivity index (χ0n) is 14.1. The molecule has 2 aliphatic rings. The number of nitrogens with zero attached hydrogens (tertiary/aromatic N) is 2. The number of para-hydroxylation sites is 1. The van der Waals surface area contributed by atoms with Crippen LogP contribution in [-0.4, -0.2) is 51.0 Å². The Hall–Kier alpha value is -2.11. The minimum atomic E-state index is 0. The van der Waals surface area contributed by atoms with E-state index in [1.807, 2.05) is 18.2 Å². The van der Waals surface area contributed by atoms with Gasteiger partial charge in [-0.15, -0.1) is 12.4 Å². The van der Waals surface area contributed by atoms with Crippen molar-refractivity contribution in [3.05, 3.63) is 48.5 Å². The minimum Gasteiger partial charge on any atom is -0.492 e. The van der Waals surface area contributed by atoms with Crippen molar-refractivity contribution >= 4 is 18.1 Å². The second kappa shape index (κ2) is 8.32. The van der Waals surface area contributed by atoms with Crippen LogP contribution in [0.1, 0.15) is 0 Å². The highest BCUT2D eigenvalue weighted by molar-refractivity contribution is 5.85. The fraction of sp³-hybridized carbons (Fsp3) is 0.368. The number of anilines is 1. The molecule has 2 aromatic carbocycles. The van der Waals surface area contributed by atoms with Gasteiger partial charge in [0.1, 0.15) is 12.4 Å². The van der Waals surface area contributed by atoms with Crippen molar-refractivity contribution in [1.29, 1.82) is 0 Å². The highest BCUT2D eigenvalue weighted by Crippen LogP contribution is 2.35. The van der Waals surface area contributed by atoms with Gasteiger partial charge >= 0.3 is 0 Å². The highest BCUT2D eigenvalue weighted by Gasteiger charge is 2.17. The lowest BCUT2D eigenvalue weighted by atomic mass is 10.2. The molecule has 2 aromatic rings. The van der Waals surface area contributed by atoms with Crippen LogP contribution >= 0.6 is 12.4 Å². The van der Waals surface area contributed by atoms with Gasteiger partial charge in [-0.3, -0.25) is 4.90 Å². The molecule has 0 radical (unpaired) electrons. The third-order valence-corrected chi connectivity index (χ3v) is 4.51. The van der Waals surface area contributed by atoms with Crippen LogP contribution in [0.2, 0.25) is 0 Å². The van der Waals surface area contributed by atoms with Gasteiger partial charge in [0, 0.05) is 44.5 Å². The Bertz CT molecular complexity index is 676. The smallest absolute Gasteiger partial charge is 0.231 e. The number of fused-ring (bicyclic) bond motifs is 1. The summed E-state index contributed by atoms with van der Waals surface area (Å²) in [6.07, 6.45) is 0. The van der Waals surface area contributed by atoms with Crippen molar-refractivity contribution in [3.63, 3.8) is 0 Å². The van der Waals surface area contributed by atoms with Gasteiger partial charge in [-0.1, -0.05) is 18.2 Å². The maximum absolute atomic E-state index is 5.85. The van der Waals surface area contributed by atoms with Crippen LogP contribution in [-0.2, 0) is 0 Å². The SMILES string of the molecule is Cl.c1ccc(N2CCN(CCOc3ccc4c(c3)OCO4)CC2)cc1. The molecule has 5 nitrogen and oxygen atoms in total. The molecule has 0 spiro atoms. The monoisotopic (exact) mass is 362 g/mol. The normalized spacial score (nSPS) is 16.4. The van der Waals surface area contributed by atoms with E-state index in [9.17, 15) is 0 Å². The molecule has 2 heterocycles. The van der Waals surface area contributed by atoms with E-state index in [0.717, 1.165) is 50.0 Å². The molecule has 0 bridgehead atoms. The second-order valence-electron chi connectivity index (χ2n) is 6.03. The van der Waals surface area contributed by atoms with Crippen LogP contribution < -0.4 is 19.1 Å². The Morgan fingerprint density at radius 1 is 0.880 bits per heavy atom. The third kappa shape index (κ3) is 4.30. The lowest BCUT2D eigenvalue weighted by molar-refractivity contribution is 0.173. The molecule has 1 saturated heterocycles. The maximum Gasteiger partial charge on any atom is 0.231 e. The van der Waals surface area contributed by atoms with E-state index in [2.05, 4.69) is 40.1 Å². The topological polar surface area (TPSA) is 34.2 Å². The Kier molecular flexibility index (Phi) is 5.89. The van der Waals surface area contributed by atoms with Crippen LogP contribution in [0, 0.1) is 0 Å². The molecule has 6 heteroatoms. The van der Waals surface area contributed by atoms with Crippen molar-refractivity contribution in [3.8, 4) is 17.2 Å². The molecule has 4 rings (SSSR count). The number of rotatable bonds is 5. The average Bonchev–Trinajstić information content (AvgIpc) is 3.11. The lowest BCUT2D eigenvalue weighted by Gasteiger charge is -2.36. The summed E-state index contributed by atoms with van der Waals surface area (Å²) < 4.78 is 16.5. The van der Waals surface area contributed by atoms with Crippen molar-refractivity contribution in [1.82, 2.24) is 4.90 Å². The van der Waals surface area contributed by atoms with E-state index in [1.54, 1.807) is 0 Å². The van der Waals surface area contributed by atoms with Crippen molar-refractivity contribution in [2.75, 3.05) is 51.0 Å². The van der Waals surface area contributed by atoms with Gasteiger partial charge in [0.2, 0.25) is 6.79 Å². The first-order valence-electron chi connectivity index (χ1n) is 8.43. The van der Waals surface area contributed by atoms with Gasteiger partial charge in [0.25, 0.3) is 0 Å². The van der Waals surface area contributed by atoms with E-state index in [4.69, 9.17) is 14.2 Å². The molecule has 134 valence electrons. The van der Waals surface area contributed by atoms with E-state index in [1.165, 1.54) is 5.69 Å². The molecule has 2 aliphatic heterocycles. The third-order valence-electron chi connectivity index (χ3n) is 4.51. The molecule has 0 amide bonds. The highest BCUT2D eigenvalue weighted by atomic mass is 35.5. The summed E-state index contributed by atoms with van der Waals surface area (Å²) in [5, 5.41) is 0. The molecular formula is C19H23ClN2O3. The summed E-state index contributed by atoms with van der Waals surface area (Å²) in [5.74, 6) is 2.39.